The van der Waals surface area contributed by atoms with Crippen LogP contribution in [0.2, 0.25) is 0 Å². The number of nitrogens with one attached hydrogen (secondary N) is 3. The lowest BCUT2D eigenvalue weighted by Gasteiger charge is -2.27. The van der Waals surface area contributed by atoms with E-state index in [-0.39, 0.29) is 18.4 Å². The molecule has 4 atom stereocenters. The maximum Gasteiger partial charge on any atom is 0.326 e. The Kier molecular flexibility index (Phi) is 12.5. The number of hydrogen-bond donors (Lipinski definition) is 5. The van der Waals surface area contributed by atoms with Gasteiger partial charge in [-0.25, -0.2) is 4.79 Å². The van der Waals surface area contributed by atoms with Gasteiger partial charge in [-0.15, -0.1) is 0 Å². The second-order valence-electron chi connectivity index (χ2n) is 7.05. The highest BCUT2D eigenvalue weighted by molar-refractivity contribution is 7.98. The number of hydrogen-bond acceptors (Lipinski definition) is 6. The first-order valence-corrected chi connectivity index (χ1v) is 10.8. The number of nitrogens with two attached hydrogens (primary N) is 1. The Morgan fingerprint density at radius 1 is 1.00 bits per heavy atom. The van der Waals surface area contributed by atoms with Crippen LogP contribution in [0.5, 0.6) is 0 Å². The number of carboxylic acid groups (broad SMARTS) is 1. The van der Waals surface area contributed by atoms with E-state index in [4.69, 9.17) is 5.73 Å². The van der Waals surface area contributed by atoms with Gasteiger partial charge in [-0.1, -0.05) is 34.1 Å². The zero-order valence-corrected chi connectivity index (χ0v) is 18.1. The van der Waals surface area contributed by atoms with E-state index in [1.54, 1.807) is 13.8 Å². The number of carboxylic acids is 1. The van der Waals surface area contributed by atoms with Gasteiger partial charge < -0.3 is 26.8 Å². The Balaban J connectivity index is 5.36. The van der Waals surface area contributed by atoms with E-state index in [9.17, 15) is 24.3 Å². The standard InChI is InChI=1S/C18H34N4O5S/c1-6-11(4)15(21-13(23)9-19)17(25)20-12(7-8-28-5)16(24)22-14(10(2)3)18(26)27/h10-12,14-15H,6-9,19H2,1-5H3,(H,20,25)(H,21,23)(H,22,24)(H,26,27). The molecular weight excluding hydrogens is 384 g/mol. The van der Waals surface area contributed by atoms with Crippen LogP contribution in [0.3, 0.4) is 0 Å². The Hall–Kier alpha value is -1.81. The van der Waals surface area contributed by atoms with Crippen LogP contribution in [0, 0.1) is 11.8 Å². The van der Waals surface area contributed by atoms with E-state index in [1.807, 2.05) is 20.1 Å². The van der Waals surface area contributed by atoms with E-state index < -0.39 is 41.8 Å². The fraction of sp³-hybridized carbons (Fsp3) is 0.778. The highest BCUT2D eigenvalue weighted by Crippen LogP contribution is 2.10. The molecule has 0 aliphatic rings. The molecular formula is C18H34N4O5S. The van der Waals surface area contributed by atoms with E-state index in [1.165, 1.54) is 11.8 Å². The topological polar surface area (TPSA) is 151 Å². The molecule has 0 bridgehead atoms. The van der Waals surface area contributed by atoms with E-state index >= 15 is 0 Å². The number of aliphatic carboxylic acids is 1. The van der Waals surface area contributed by atoms with Crippen LogP contribution in [0.25, 0.3) is 0 Å². The van der Waals surface area contributed by atoms with Gasteiger partial charge >= 0.3 is 5.97 Å². The summed E-state index contributed by atoms with van der Waals surface area (Å²) in [7, 11) is 0. The summed E-state index contributed by atoms with van der Waals surface area (Å²) in [5, 5.41) is 17.0. The van der Waals surface area contributed by atoms with Gasteiger partial charge in [0.05, 0.1) is 6.54 Å². The third-order valence-electron chi connectivity index (χ3n) is 4.47. The maximum absolute atomic E-state index is 12.8. The van der Waals surface area contributed by atoms with E-state index in [0.29, 0.717) is 18.6 Å². The van der Waals surface area contributed by atoms with Crippen molar-refractivity contribution in [3.05, 3.63) is 0 Å². The Labute approximate surface area is 170 Å². The quantitative estimate of drug-likeness (QED) is 0.281. The molecule has 0 aromatic heterocycles. The first-order chi connectivity index (χ1) is 13.1. The summed E-state index contributed by atoms with van der Waals surface area (Å²) in [6.45, 7) is 6.84. The summed E-state index contributed by atoms with van der Waals surface area (Å²) in [6.07, 6.45) is 2.84. The van der Waals surface area contributed by atoms with Crippen molar-refractivity contribution in [3.8, 4) is 0 Å². The molecule has 28 heavy (non-hydrogen) atoms. The molecule has 3 amide bonds. The molecule has 0 aromatic carbocycles. The van der Waals surface area contributed by atoms with Crippen LogP contribution >= 0.6 is 11.8 Å². The average Bonchev–Trinajstić information content (AvgIpc) is 2.65. The van der Waals surface area contributed by atoms with Crippen molar-refractivity contribution in [1.29, 1.82) is 0 Å². The molecule has 0 heterocycles. The maximum atomic E-state index is 12.8. The highest BCUT2D eigenvalue weighted by Gasteiger charge is 2.31. The molecule has 0 saturated carbocycles. The van der Waals surface area contributed by atoms with Crippen molar-refractivity contribution in [2.24, 2.45) is 17.6 Å². The van der Waals surface area contributed by atoms with Crippen molar-refractivity contribution in [3.63, 3.8) is 0 Å². The minimum absolute atomic E-state index is 0.165. The van der Waals surface area contributed by atoms with Gasteiger partial charge in [-0.2, -0.15) is 11.8 Å². The van der Waals surface area contributed by atoms with Crippen LogP contribution < -0.4 is 21.7 Å². The van der Waals surface area contributed by atoms with Gasteiger partial charge in [0.15, 0.2) is 0 Å². The van der Waals surface area contributed by atoms with Crippen LogP contribution in [0.15, 0.2) is 0 Å². The summed E-state index contributed by atoms with van der Waals surface area (Å²) in [6, 6.07) is -2.78. The fourth-order valence-corrected chi connectivity index (χ4v) is 2.94. The molecule has 6 N–H and O–H groups in total. The molecule has 9 nitrogen and oxygen atoms in total. The van der Waals surface area contributed by atoms with E-state index in [2.05, 4.69) is 16.0 Å². The third-order valence-corrected chi connectivity index (χ3v) is 5.12. The molecule has 0 radical (unpaired) electrons. The molecule has 4 unspecified atom stereocenters. The molecule has 0 saturated heterocycles. The first kappa shape index (κ1) is 26.2. The number of carbonyl (C=O) groups excluding carboxylic acids is 3. The molecule has 0 aliphatic heterocycles. The molecule has 0 spiro atoms. The van der Waals surface area contributed by atoms with Gasteiger partial charge in [0.25, 0.3) is 0 Å². The number of carbonyl (C=O) groups is 4. The van der Waals surface area contributed by atoms with Gasteiger partial charge in [-0.05, 0) is 30.3 Å². The zero-order valence-electron chi connectivity index (χ0n) is 17.3. The minimum atomic E-state index is -1.13. The van der Waals surface area contributed by atoms with Gasteiger partial charge in [0, 0.05) is 0 Å². The van der Waals surface area contributed by atoms with Crippen LogP contribution in [-0.4, -0.2) is 65.5 Å². The lowest BCUT2D eigenvalue weighted by Crippen LogP contribution is -2.58. The molecule has 162 valence electrons. The monoisotopic (exact) mass is 418 g/mol. The van der Waals surface area contributed by atoms with Crippen molar-refractivity contribution in [1.82, 2.24) is 16.0 Å². The van der Waals surface area contributed by atoms with Crippen LogP contribution in [-0.2, 0) is 19.2 Å². The Bertz CT molecular complexity index is 544. The highest BCUT2D eigenvalue weighted by atomic mass is 32.2. The summed E-state index contributed by atoms with van der Waals surface area (Å²) >= 11 is 1.51. The lowest BCUT2D eigenvalue weighted by atomic mass is 9.97. The number of thioether (sulfide) groups is 1. The summed E-state index contributed by atoms with van der Waals surface area (Å²) in [4.78, 5) is 48.4. The second-order valence-corrected chi connectivity index (χ2v) is 8.03. The predicted octanol–water partition coefficient (Wildman–Crippen LogP) is -0.0607. The van der Waals surface area contributed by atoms with Crippen molar-refractivity contribution < 1.29 is 24.3 Å². The predicted molar refractivity (Wildman–Crippen MR) is 110 cm³/mol. The van der Waals surface area contributed by atoms with Crippen molar-refractivity contribution in [2.75, 3.05) is 18.6 Å². The third kappa shape index (κ3) is 8.92. The zero-order chi connectivity index (χ0) is 21.9. The molecule has 0 rings (SSSR count). The number of rotatable bonds is 13. The molecule has 10 heteroatoms. The van der Waals surface area contributed by atoms with Crippen LogP contribution in [0.4, 0.5) is 0 Å². The molecule has 0 aromatic rings. The Morgan fingerprint density at radius 2 is 1.61 bits per heavy atom. The van der Waals surface area contributed by atoms with Gasteiger partial charge in [0.1, 0.15) is 18.1 Å². The Morgan fingerprint density at radius 3 is 2.04 bits per heavy atom. The smallest absolute Gasteiger partial charge is 0.326 e. The normalized spacial score (nSPS) is 15.2. The van der Waals surface area contributed by atoms with E-state index in [0.717, 1.165) is 0 Å². The average molecular weight is 419 g/mol. The van der Waals surface area contributed by atoms with Crippen molar-refractivity contribution >= 4 is 35.5 Å². The largest absolute Gasteiger partial charge is 0.480 e. The molecule has 0 aliphatic carbocycles. The summed E-state index contributed by atoms with van der Waals surface area (Å²) < 4.78 is 0. The summed E-state index contributed by atoms with van der Waals surface area (Å²) in [5.41, 5.74) is 5.32. The number of amides is 3. The molecule has 0 fully saturated rings. The lowest BCUT2D eigenvalue weighted by molar-refractivity contribution is -0.143. The SMILES string of the molecule is CCC(C)C(NC(=O)CN)C(=O)NC(CCSC)C(=O)NC(C(=O)O)C(C)C. The van der Waals surface area contributed by atoms with Gasteiger partial charge in [-0.3, -0.25) is 14.4 Å². The first-order valence-electron chi connectivity index (χ1n) is 9.40. The minimum Gasteiger partial charge on any atom is -0.480 e. The van der Waals surface area contributed by atoms with Crippen molar-refractivity contribution in [2.45, 2.75) is 58.7 Å². The second kappa shape index (κ2) is 13.4. The van der Waals surface area contributed by atoms with Crippen LogP contribution in [0.1, 0.15) is 40.5 Å². The summed E-state index contributed by atoms with van der Waals surface area (Å²) in [5.74, 6) is -2.52. The van der Waals surface area contributed by atoms with Gasteiger partial charge in [0.2, 0.25) is 17.7 Å². The fourth-order valence-electron chi connectivity index (χ4n) is 2.47.